The first kappa shape index (κ1) is 10.6. The summed E-state index contributed by atoms with van der Waals surface area (Å²) in [5.74, 6) is -0.0321. The Balaban J connectivity index is 2.13. The lowest BCUT2D eigenvalue weighted by atomic mass is 10.2. The number of hydrogen-bond acceptors (Lipinski definition) is 2. The quantitative estimate of drug-likeness (QED) is 0.660. The smallest absolute Gasteiger partial charge is 0.262 e. The molecule has 88 valence electrons. The van der Waals surface area contributed by atoms with E-state index in [4.69, 9.17) is 5.73 Å². The molecular formula is C15H12N2O. The van der Waals surface area contributed by atoms with Gasteiger partial charge in [0.15, 0.2) is 0 Å². The minimum absolute atomic E-state index is 0.0321. The average Bonchev–Trinajstić information content (AvgIpc) is 2.81. The third-order valence-corrected chi connectivity index (χ3v) is 2.95. The molecular weight excluding hydrogens is 224 g/mol. The van der Waals surface area contributed by atoms with Gasteiger partial charge in [0.2, 0.25) is 0 Å². The van der Waals surface area contributed by atoms with Gasteiger partial charge in [0, 0.05) is 22.8 Å². The van der Waals surface area contributed by atoms with Crippen molar-refractivity contribution in [3.63, 3.8) is 0 Å². The topological polar surface area (TPSA) is 48.0 Å². The van der Waals surface area contributed by atoms with Crippen LogP contribution in [0.4, 0.5) is 5.69 Å². The van der Waals surface area contributed by atoms with Crippen LogP contribution in [-0.4, -0.2) is 10.5 Å². The van der Waals surface area contributed by atoms with Gasteiger partial charge in [0.05, 0.1) is 5.52 Å². The van der Waals surface area contributed by atoms with Crippen molar-refractivity contribution in [3.8, 4) is 0 Å². The Kier molecular flexibility index (Phi) is 2.38. The number of carbonyl (C=O) groups is 1. The maximum Gasteiger partial charge on any atom is 0.262 e. The highest BCUT2D eigenvalue weighted by Gasteiger charge is 2.10. The second-order valence-corrected chi connectivity index (χ2v) is 4.18. The first-order chi connectivity index (χ1) is 8.75. The van der Waals surface area contributed by atoms with E-state index in [2.05, 4.69) is 0 Å². The lowest BCUT2D eigenvalue weighted by Gasteiger charge is -2.04. The zero-order chi connectivity index (χ0) is 12.5. The number of carbonyl (C=O) groups excluding carboxylic acids is 1. The maximum atomic E-state index is 12.3. The lowest BCUT2D eigenvalue weighted by Crippen LogP contribution is -2.10. The number of anilines is 1. The first-order valence-electron chi connectivity index (χ1n) is 5.72. The fraction of sp³-hybridized carbons (Fsp3) is 0. The molecule has 2 N–H and O–H groups in total. The number of nitrogens with zero attached hydrogens (tertiary/aromatic N) is 1. The standard InChI is InChI=1S/C15H12N2O/c16-13-6-7-14-12(10-13)8-9-17(14)15(18)11-4-2-1-3-5-11/h1-10H,16H2. The van der Waals surface area contributed by atoms with Crippen molar-refractivity contribution < 1.29 is 4.79 Å². The molecule has 1 heterocycles. The minimum atomic E-state index is -0.0321. The van der Waals surface area contributed by atoms with Crippen LogP contribution in [0.5, 0.6) is 0 Å². The molecule has 3 rings (SSSR count). The zero-order valence-corrected chi connectivity index (χ0v) is 9.71. The van der Waals surface area contributed by atoms with Gasteiger partial charge in [-0.05, 0) is 36.4 Å². The van der Waals surface area contributed by atoms with Crippen molar-refractivity contribution in [2.75, 3.05) is 5.73 Å². The Hall–Kier alpha value is -2.55. The Morgan fingerprint density at radius 1 is 1.00 bits per heavy atom. The zero-order valence-electron chi connectivity index (χ0n) is 9.71. The monoisotopic (exact) mass is 236 g/mol. The van der Waals surface area contributed by atoms with Gasteiger partial charge >= 0.3 is 0 Å². The van der Waals surface area contributed by atoms with E-state index in [0.29, 0.717) is 11.3 Å². The minimum Gasteiger partial charge on any atom is -0.399 e. The Bertz CT molecular complexity index is 714. The molecule has 0 aliphatic rings. The van der Waals surface area contributed by atoms with Gasteiger partial charge in [0.25, 0.3) is 5.91 Å². The van der Waals surface area contributed by atoms with Crippen LogP contribution in [0.25, 0.3) is 10.9 Å². The van der Waals surface area contributed by atoms with E-state index in [-0.39, 0.29) is 5.91 Å². The van der Waals surface area contributed by atoms with Crippen molar-refractivity contribution in [2.24, 2.45) is 0 Å². The van der Waals surface area contributed by atoms with Crippen molar-refractivity contribution >= 4 is 22.5 Å². The molecule has 3 aromatic rings. The molecule has 0 bridgehead atoms. The van der Waals surface area contributed by atoms with Crippen LogP contribution in [0, 0.1) is 0 Å². The summed E-state index contributed by atoms with van der Waals surface area (Å²) in [6.45, 7) is 0. The molecule has 0 spiro atoms. The second-order valence-electron chi connectivity index (χ2n) is 4.18. The molecule has 3 heteroatoms. The van der Waals surface area contributed by atoms with Crippen LogP contribution >= 0.6 is 0 Å². The summed E-state index contributed by atoms with van der Waals surface area (Å²) < 4.78 is 1.64. The fourth-order valence-electron chi connectivity index (χ4n) is 2.06. The SMILES string of the molecule is Nc1ccc2c(ccn2C(=O)c2ccccc2)c1. The number of nitrogens with two attached hydrogens (primary N) is 1. The fourth-order valence-corrected chi connectivity index (χ4v) is 2.06. The molecule has 0 fully saturated rings. The van der Waals surface area contributed by atoms with Crippen molar-refractivity contribution in [2.45, 2.75) is 0 Å². The van der Waals surface area contributed by atoms with Crippen LogP contribution in [0.2, 0.25) is 0 Å². The van der Waals surface area contributed by atoms with E-state index >= 15 is 0 Å². The molecule has 0 aliphatic heterocycles. The number of nitrogen functional groups attached to an aromatic ring is 1. The summed E-state index contributed by atoms with van der Waals surface area (Å²) in [7, 11) is 0. The largest absolute Gasteiger partial charge is 0.399 e. The van der Waals surface area contributed by atoms with Gasteiger partial charge in [-0.2, -0.15) is 0 Å². The third kappa shape index (κ3) is 1.66. The van der Waals surface area contributed by atoms with Gasteiger partial charge in [-0.15, -0.1) is 0 Å². The Morgan fingerprint density at radius 2 is 1.78 bits per heavy atom. The van der Waals surface area contributed by atoms with Crippen molar-refractivity contribution in [1.29, 1.82) is 0 Å². The first-order valence-corrected chi connectivity index (χ1v) is 5.72. The van der Waals surface area contributed by atoms with Gasteiger partial charge < -0.3 is 5.73 Å². The average molecular weight is 236 g/mol. The van der Waals surface area contributed by atoms with E-state index < -0.39 is 0 Å². The van der Waals surface area contributed by atoms with Gasteiger partial charge in [-0.25, -0.2) is 0 Å². The molecule has 0 aliphatic carbocycles. The summed E-state index contributed by atoms with van der Waals surface area (Å²) in [4.78, 5) is 12.3. The molecule has 0 radical (unpaired) electrons. The summed E-state index contributed by atoms with van der Waals surface area (Å²) in [5.41, 5.74) is 7.97. The van der Waals surface area contributed by atoms with E-state index in [0.717, 1.165) is 10.9 Å². The summed E-state index contributed by atoms with van der Waals surface area (Å²) in [6.07, 6.45) is 1.78. The lowest BCUT2D eigenvalue weighted by molar-refractivity contribution is 0.0965. The number of hydrogen-bond donors (Lipinski definition) is 1. The Morgan fingerprint density at radius 3 is 2.56 bits per heavy atom. The van der Waals surface area contributed by atoms with Crippen LogP contribution in [0.1, 0.15) is 10.4 Å². The van der Waals surface area contributed by atoms with Crippen LogP contribution in [-0.2, 0) is 0 Å². The number of benzene rings is 2. The van der Waals surface area contributed by atoms with Crippen LogP contribution in [0.15, 0.2) is 60.8 Å². The van der Waals surface area contributed by atoms with E-state index in [1.165, 1.54) is 0 Å². The normalized spacial score (nSPS) is 10.7. The summed E-state index contributed by atoms with van der Waals surface area (Å²) in [6, 6.07) is 16.7. The predicted molar refractivity (Wildman–Crippen MR) is 72.5 cm³/mol. The van der Waals surface area contributed by atoms with E-state index in [1.807, 2.05) is 48.5 Å². The highest BCUT2D eigenvalue weighted by molar-refractivity contribution is 6.02. The number of fused-ring (bicyclic) bond motifs is 1. The Labute approximate surface area is 104 Å². The van der Waals surface area contributed by atoms with E-state index in [1.54, 1.807) is 16.8 Å². The maximum absolute atomic E-state index is 12.3. The number of rotatable bonds is 1. The molecule has 0 amide bonds. The van der Waals surface area contributed by atoms with Gasteiger partial charge in [-0.1, -0.05) is 18.2 Å². The summed E-state index contributed by atoms with van der Waals surface area (Å²) >= 11 is 0. The molecule has 1 aromatic heterocycles. The van der Waals surface area contributed by atoms with Crippen LogP contribution < -0.4 is 5.73 Å². The predicted octanol–water partition coefficient (Wildman–Crippen LogP) is 2.91. The second kappa shape index (κ2) is 4.04. The molecule has 0 unspecified atom stereocenters. The molecule has 18 heavy (non-hydrogen) atoms. The molecule has 3 nitrogen and oxygen atoms in total. The molecule has 0 saturated heterocycles. The van der Waals surface area contributed by atoms with Gasteiger partial charge in [-0.3, -0.25) is 9.36 Å². The molecule has 0 atom stereocenters. The third-order valence-electron chi connectivity index (χ3n) is 2.95. The van der Waals surface area contributed by atoms with Crippen molar-refractivity contribution in [1.82, 2.24) is 4.57 Å². The van der Waals surface area contributed by atoms with Crippen molar-refractivity contribution in [3.05, 3.63) is 66.4 Å². The van der Waals surface area contributed by atoms with E-state index in [9.17, 15) is 4.79 Å². The number of aromatic nitrogens is 1. The highest BCUT2D eigenvalue weighted by Crippen LogP contribution is 2.19. The summed E-state index contributed by atoms with van der Waals surface area (Å²) in [5, 5.41) is 0.972. The highest BCUT2D eigenvalue weighted by atomic mass is 16.2. The molecule has 2 aromatic carbocycles. The van der Waals surface area contributed by atoms with Crippen LogP contribution in [0.3, 0.4) is 0 Å². The molecule has 0 saturated carbocycles. The van der Waals surface area contributed by atoms with Gasteiger partial charge in [0.1, 0.15) is 0 Å².